The van der Waals surface area contributed by atoms with E-state index in [1.165, 1.54) is 0 Å². The van der Waals surface area contributed by atoms with Crippen LogP contribution in [0.15, 0.2) is 42.5 Å². The van der Waals surface area contributed by atoms with Crippen molar-refractivity contribution in [1.82, 2.24) is 0 Å². The molecule has 3 rings (SSSR count). The monoisotopic (exact) mass is 370 g/mol. The van der Waals surface area contributed by atoms with Gasteiger partial charge in [-0.25, -0.2) is 0 Å². The Balaban J connectivity index is 1.70. The van der Waals surface area contributed by atoms with Crippen molar-refractivity contribution in [2.75, 3.05) is 56.8 Å². The molecule has 1 N–H and O–H groups in total. The van der Waals surface area contributed by atoms with Crippen LogP contribution >= 0.6 is 0 Å². The number of nitrogens with one attached hydrogen (secondary N) is 1. The van der Waals surface area contributed by atoms with Crippen LogP contribution in [0, 0.1) is 6.92 Å². The summed E-state index contributed by atoms with van der Waals surface area (Å²) in [5.41, 5.74) is 3.47. The Morgan fingerprint density at radius 3 is 2.67 bits per heavy atom. The zero-order valence-corrected chi connectivity index (χ0v) is 15.9. The summed E-state index contributed by atoms with van der Waals surface area (Å²) in [6.07, 6.45) is 0. The van der Waals surface area contributed by atoms with E-state index in [4.69, 9.17) is 14.2 Å². The molecule has 1 aliphatic heterocycles. The van der Waals surface area contributed by atoms with Gasteiger partial charge in [0.15, 0.2) is 0 Å². The van der Waals surface area contributed by atoms with Crippen molar-refractivity contribution in [2.45, 2.75) is 6.92 Å². The molecule has 0 bridgehead atoms. The minimum absolute atomic E-state index is 0.190. The van der Waals surface area contributed by atoms with E-state index in [0.29, 0.717) is 24.5 Å². The number of aryl methyl sites for hydroxylation is 1. The molecule has 0 aliphatic carbocycles. The van der Waals surface area contributed by atoms with Gasteiger partial charge in [-0.2, -0.15) is 0 Å². The predicted molar refractivity (Wildman–Crippen MR) is 106 cm³/mol. The number of benzene rings is 2. The molecule has 2 aromatic rings. The molecule has 1 heterocycles. The number of morpholine rings is 1. The molecule has 0 saturated carbocycles. The van der Waals surface area contributed by atoms with Crippen LogP contribution in [0.2, 0.25) is 0 Å². The van der Waals surface area contributed by atoms with Crippen molar-refractivity contribution in [3.05, 3.63) is 53.6 Å². The lowest BCUT2D eigenvalue weighted by molar-refractivity contribution is 0.101. The summed E-state index contributed by atoms with van der Waals surface area (Å²) in [6.45, 7) is 6.14. The molecule has 0 atom stereocenters. The maximum absolute atomic E-state index is 12.8. The maximum Gasteiger partial charge on any atom is 0.259 e. The minimum atomic E-state index is -0.190. The van der Waals surface area contributed by atoms with Gasteiger partial charge in [-0.3, -0.25) is 4.79 Å². The van der Waals surface area contributed by atoms with Gasteiger partial charge in [0.2, 0.25) is 0 Å². The van der Waals surface area contributed by atoms with E-state index >= 15 is 0 Å². The van der Waals surface area contributed by atoms with Crippen molar-refractivity contribution in [1.29, 1.82) is 0 Å². The van der Waals surface area contributed by atoms with Crippen molar-refractivity contribution in [2.24, 2.45) is 0 Å². The molecule has 0 aromatic heterocycles. The van der Waals surface area contributed by atoms with E-state index < -0.39 is 0 Å². The summed E-state index contributed by atoms with van der Waals surface area (Å²) >= 11 is 0. The molecule has 0 radical (unpaired) electrons. The quantitative estimate of drug-likeness (QED) is 0.759. The van der Waals surface area contributed by atoms with Gasteiger partial charge in [0, 0.05) is 31.6 Å². The van der Waals surface area contributed by atoms with Gasteiger partial charge in [-0.05, 0) is 42.8 Å². The number of carbonyl (C=O) groups is 1. The second-order valence-electron chi connectivity index (χ2n) is 6.39. The largest absolute Gasteiger partial charge is 0.490 e. The van der Waals surface area contributed by atoms with Crippen LogP contribution in [-0.2, 0) is 9.47 Å². The van der Waals surface area contributed by atoms with Crippen LogP contribution in [-0.4, -0.2) is 52.5 Å². The molecule has 0 unspecified atom stereocenters. The summed E-state index contributed by atoms with van der Waals surface area (Å²) in [5.74, 6) is 0.361. The average Bonchev–Trinajstić information content (AvgIpc) is 2.70. The van der Waals surface area contributed by atoms with Crippen LogP contribution in [0.3, 0.4) is 0 Å². The van der Waals surface area contributed by atoms with E-state index in [-0.39, 0.29) is 5.91 Å². The summed E-state index contributed by atoms with van der Waals surface area (Å²) in [7, 11) is 1.62. The molecule has 1 saturated heterocycles. The van der Waals surface area contributed by atoms with E-state index in [1.807, 2.05) is 31.2 Å². The predicted octanol–water partition coefficient (Wildman–Crippen LogP) is 3.11. The zero-order chi connectivity index (χ0) is 19.1. The average molecular weight is 370 g/mol. The Labute approximate surface area is 160 Å². The Bertz CT molecular complexity index is 773. The number of amides is 1. The van der Waals surface area contributed by atoms with Gasteiger partial charge in [0.1, 0.15) is 12.4 Å². The second-order valence-corrected chi connectivity index (χ2v) is 6.39. The lowest BCUT2D eigenvalue weighted by Crippen LogP contribution is -2.36. The zero-order valence-electron chi connectivity index (χ0n) is 15.9. The van der Waals surface area contributed by atoms with E-state index in [2.05, 4.69) is 16.3 Å². The molecule has 1 aliphatic rings. The molecule has 1 amide bonds. The van der Waals surface area contributed by atoms with E-state index in [1.54, 1.807) is 19.2 Å². The highest BCUT2D eigenvalue weighted by atomic mass is 16.5. The fourth-order valence-corrected chi connectivity index (χ4v) is 3.01. The van der Waals surface area contributed by atoms with Crippen molar-refractivity contribution in [3.8, 4) is 5.75 Å². The number of carbonyl (C=O) groups excluding carboxylic acids is 1. The van der Waals surface area contributed by atoms with Crippen LogP contribution in [0.4, 0.5) is 11.4 Å². The van der Waals surface area contributed by atoms with E-state index in [9.17, 15) is 4.79 Å². The van der Waals surface area contributed by atoms with Crippen LogP contribution in [0.1, 0.15) is 15.9 Å². The highest BCUT2D eigenvalue weighted by molar-refractivity contribution is 6.06. The summed E-state index contributed by atoms with van der Waals surface area (Å²) in [6, 6.07) is 13.3. The van der Waals surface area contributed by atoms with Crippen LogP contribution < -0.4 is 15.0 Å². The third kappa shape index (κ3) is 4.99. The number of rotatable bonds is 7. The first kappa shape index (κ1) is 19.2. The highest BCUT2D eigenvalue weighted by Gasteiger charge is 2.15. The number of ether oxygens (including phenoxy) is 3. The minimum Gasteiger partial charge on any atom is -0.490 e. The van der Waals surface area contributed by atoms with Gasteiger partial charge in [-0.1, -0.05) is 12.1 Å². The topological polar surface area (TPSA) is 60.0 Å². The summed E-state index contributed by atoms with van der Waals surface area (Å²) in [5, 5.41) is 2.99. The number of methoxy groups -OCH3 is 1. The highest BCUT2D eigenvalue weighted by Crippen LogP contribution is 2.25. The fourth-order valence-electron chi connectivity index (χ4n) is 3.01. The first-order chi connectivity index (χ1) is 13.2. The SMILES string of the molecule is COCCOc1ccccc1C(=O)Nc1ccc(N2CCOCC2)cc1C. The van der Waals surface area contributed by atoms with Gasteiger partial charge in [0.25, 0.3) is 5.91 Å². The number of para-hydroxylation sites is 1. The lowest BCUT2D eigenvalue weighted by atomic mass is 10.1. The molecular formula is C21H26N2O4. The molecule has 2 aromatic carbocycles. The molecule has 1 fully saturated rings. The Morgan fingerprint density at radius 2 is 1.93 bits per heavy atom. The van der Waals surface area contributed by atoms with Crippen molar-refractivity contribution >= 4 is 17.3 Å². The number of nitrogens with zero attached hydrogens (tertiary/aromatic N) is 1. The maximum atomic E-state index is 12.8. The molecule has 27 heavy (non-hydrogen) atoms. The third-order valence-corrected chi connectivity index (χ3v) is 4.51. The number of hydrogen-bond donors (Lipinski definition) is 1. The van der Waals surface area contributed by atoms with Gasteiger partial charge >= 0.3 is 0 Å². The van der Waals surface area contributed by atoms with Gasteiger partial charge in [0.05, 0.1) is 25.4 Å². The third-order valence-electron chi connectivity index (χ3n) is 4.51. The summed E-state index contributed by atoms with van der Waals surface area (Å²) in [4.78, 5) is 15.0. The molecular weight excluding hydrogens is 344 g/mol. The normalized spacial score (nSPS) is 14.1. The Hall–Kier alpha value is -2.57. The van der Waals surface area contributed by atoms with Crippen LogP contribution in [0.25, 0.3) is 0 Å². The van der Waals surface area contributed by atoms with Gasteiger partial charge < -0.3 is 24.4 Å². The fraction of sp³-hybridized carbons (Fsp3) is 0.381. The molecule has 6 nitrogen and oxygen atoms in total. The number of anilines is 2. The molecule has 144 valence electrons. The standard InChI is InChI=1S/C21H26N2O4/c1-16-15-17(23-9-11-26-12-10-23)7-8-19(16)22-21(24)18-5-3-4-6-20(18)27-14-13-25-2/h3-8,15H,9-14H2,1-2H3,(H,22,24). The van der Waals surface area contributed by atoms with E-state index in [0.717, 1.165) is 43.2 Å². The first-order valence-electron chi connectivity index (χ1n) is 9.14. The Morgan fingerprint density at radius 1 is 1.15 bits per heavy atom. The Kier molecular flexibility index (Phi) is 6.68. The second kappa shape index (κ2) is 9.39. The van der Waals surface area contributed by atoms with Crippen molar-refractivity contribution in [3.63, 3.8) is 0 Å². The van der Waals surface area contributed by atoms with Crippen LogP contribution in [0.5, 0.6) is 5.75 Å². The molecule has 0 spiro atoms. The molecule has 6 heteroatoms. The summed E-state index contributed by atoms with van der Waals surface area (Å²) < 4.78 is 16.1. The number of hydrogen-bond acceptors (Lipinski definition) is 5. The van der Waals surface area contributed by atoms with Crippen molar-refractivity contribution < 1.29 is 19.0 Å². The van der Waals surface area contributed by atoms with Gasteiger partial charge in [-0.15, -0.1) is 0 Å². The lowest BCUT2D eigenvalue weighted by Gasteiger charge is -2.29. The first-order valence-corrected chi connectivity index (χ1v) is 9.14. The smallest absolute Gasteiger partial charge is 0.259 e.